The first-order valence-electron chi connectivity index (χ1n) is 9.68. The Morgan fingerprint density at radius 1 is 1.26 bits per heavy atom. The molecule has 1 saturated heterocycles. The van der Waals surface area contributed by atoms with Gasteiger partial charge in [-0.1, -0.05) is 19.9 Å². The van der Waals surface area contributed by atoms with E-state index in [1.165, 1.54) is 4.88 Å². The molecule has 3 amide bonds. The van der Waals surface area contributed by atoms with Crippen molar-refractivity contribution in [1.82, 2.24) is 20.4 Å². The molecule has 1 atom stereocenters. The second-order valence-corrected chi connectivity index (χ2v) is 8.25. The van der Waals surface area contributed by atoms with Gasteiger partial charge in [0.1, 0.15) is 0 Å². The van der Waals surface area contributed by atoms with E-state index >= 15 is 0 Å². The highest BCUT2D eigenvalue weighted by Crippen LogP contribution is 2.13. The van der Waals surface area contributed by atoms with Crippen LogP contribution in [-0.2, 0) is 11.3 Å². The minimum atomic E-state index is -0.431. The van der Waals surface area contributed by atoms with Crippen LogP contribution in [0.2, 0.25) is 0 Å². The fourth-order valence-electron chi connectivity index (χ4n) is 3.16. The molecule has 1 fully saturated rings. The van der Waals surface area contributed by atoms with E-state index in [9.17, 15) is 9.59 Å². The van der Waals surface area contributed by atoms with Crippen molar-refractivity contribution in [2.45, 2.75) is 39.8 Å². The first kappa shape index (κ1) is 21.5. The molecular weight excluding hydrogens is 364 g/mol. The summed E-state index contributed by atoms with van der Waals surface area (Å²) in [6, 6.07) is 4.02. The predicted octanol–water partition coefficient (Wildman–Crippen LogP) is 2.74. The lowest BCUT2D eigenvalue weighted by Gasteiger charge is -2.34. The number of nitrogens with one attached hydrogen (secondary N) is 2. The quantitative estimate of drug-likeness (QED) is 0.709. The largest absolute Gasteiger partial charge is 0.450 e. The van der Waals surface area contributed by atoms with Gasteiger partial charge in [0.2, 0.25) is 0 Å². The SMILES string of the molecule is CCOC(=O)NC(CNC(=O)N1CCN(Cc2cccs2)CC1)CC(C)C. The number of hydrogen-bond donors (Lipinski definition) is 2. The van der Waals surface area contributed by atoms with Crippen LogP contribution in [0.4, 0.5) is 9.59 Å². The third kappa shape index (κ3) is 7.76. The Labute approximate surface area is 166 Å². The first-order chi connectivity index (χ1) is 13.0. The summed E-state index contributed by atoms with van der Waals surface area (Å²) in [6.45, 7) is 10.8. The summed E-state index contributed by atoms with van der Waals surface area (Å²) in [7, 11) is 0. The van der Waals surface area contributed by atoms with Crippen molar-refractivity contribution in [2.24, 2.45) is 5.92 Å². The van der Waals surface area contributed by atoms with Gasteiger partial charge in [0.15, 0.2) is 0 Å². The monoisotopic (exact) mass is 396 g/mol. The van der Waals surface area contributed by atoms with E-state index in [0.717, 1.165) is 39.1 Å². The molecule has 2 rings (SSSR count). The van der Waals surface area contributed by atoms with E-state index in [1.807, 2.05) is 4.90 Å². The van der Waals surface area contributed by atoms with Gasteiger partial charge in [-0.25, -0.2) is 9.59 Å². The highest BCUT2D eigenvalue weighted by molar-refractivity contribution is 7.09. The summed E-state index contributed by atoms with van der Waals surface area (Å²) in [5, 5.41) is 7.90. The highest BCUT2D eigenvalue weighted by atomic mass is 32.1. The van der Waals surface area contributed by atoms with Crippen LogP contribution in [0.3, 0.4) is 0 Å². The molecule has 0 saturated carbocycles. The Bertz CT molecular complexity index is 572. The summed E-state index contributed by atoms with van der Waals surface area (Å²) < 4.78 is 4.95. The maximum Gasteiger partial charge on any atom is 0.407 e. The number of alkyl carbamates (subject to hydrolysis) is 1. The van der Waals surface area contributed by atoms with E-state index in [2.05, 4.69) is 46.9 Å². The number of hydrogen-bond acceptors (Lipinski definition) is 5. The van der Waals surface area contributed by atoms with Gasteiger partial charge in [-0.3, -0.25) is 4.90 Å². The molecule has 0 spiro atoms. The number of carbonyl (C=O) groups excluding carboxylic acids is 2. The molecule has 0 radical (unpaired) electrons. The van der Waals surface area contributed by atoms with Gasteiger partial charge in [0.25, 0.3) is 0 Å². The zero-order valence-electron chi connectivity index (χ0n) is 16.6. The Kier molecular flexibility index (Phi) is 8.87. The molecule has 0 aromatic carbocycles. The summed E-state index contributed by atoms with van der Waals surface area (Å²) in [6.07, 6.45) is 0.354. The van der Waals surface area contributed by atoms with E-state index < -0.39 is 6.09 Å². The fraction of sp³-hybridized carbons (Fsp3) is 0.684. The Hall–Kier alpha value is -1.80. The number of amides is 3. The molecule has 0 bridgehead atoms. The van der Waals surface area contributed by atoms with Crippen LogP contribution in [0.25, 0.3) is 0 Å². The van der Waals surface area contributed by atoms with Crippen LogP contribution in [0.15, 0.2) is 17.5 Å². The second-order valence-electron chi connectivity index (χ2n) is 7.22. The molecule has 1 aromatic heterocycles. The van der Waals surface area contributed by atoms with Crippen LogP contribution >= 0.6 is 11.3 Å². The van der Waals surface area contributed by atoms with Gasteiger partial charge in [-0.05, 0) is 30.7 Å². The molecule has 1 unspecified atom stereocenters. The van der Waals surface area contributed by atoms with Crippen molar-refractivity contribution in [2.75, 3.05) is 39.3 Å². The maximum absolute atomic E-state index is 12.5. The number of carbonyl (C=O) groups is 2. The molecule has 1 aliphatic heterocycles. The van der Waals surface area contributed by atoms with E-state index in [0.29, 0.717) is 19.1 Å². The van der Waals surface area contributed by atoms with Crippen molar-refractivity contribution in [3.05, 3.63) is 22.4 Å². The predicted molar refractivity (Wildman–Crippen MR) is 108 cm³/mol. The third-order valence-electron chi connectivity index (χ3n) is 4.47. The molecular formula is C19H32N4O3S. The van der Waals surface area contributed by atoms with Gasteiger partial charge in [-0.15, -0.1) is 11.3 Å². The molecule has 27 heavy (non-hydrogen) atoms. The summed E-state index contributed by atoms with van der Waals surface area (Å²) >= 11 is 1.77. The number of thiophene rings is 1. The molecule has 1 aromatic rings. The van der Waals surface area contributed by atoms with Crippen LogP contribution in [0.1, 0.15) is 32.1 Å². The zero-order chi connectivity index (χ0) is 19.6. The van der Waals surface area contributed by atoms with Crippen molar-refractivity contribution in [3.63, 3.8) is 0 Å². The highest BCUT2D eigenvalue weighted by Gasteiger charge is 2.22. The molecule has 8 heteroatoms. The van der Waals surface area contributed by atoms with Crippen molar-refractivity contribution in [1.29, 1.82) is 0 Å². The molecule has 2 heterocycles. The van der Waals surface area contributed by atoms with Gasteiger partial charge < -0.3 is 20.3 Å². The summed E-state index contributed by atoms with van der Waals surface area (Å²) in [5.74, 6) is 0.412. The van der Waals surface area contributed by atoms with Crippen molar-refractivity contribution in [3.8, 4) is 0 Å². The topological polar surface area (TPSA) is 73.9 Å². The maximum atomic E-state index is 12.5. The lowest BCUT2D eigenvalue weighted by Crippen LogP contribution is -2.53. The number of rotatable bonds is 8. The van der Waals surface area contributed by atoms with E-state index in [1.54, 1.807) is 18.3 Å². The molecule has 2 N–H and O–H groups in total. The molecule has 0 aliphatic carbocycles. The van der Waals surface area contributed by atoms with Gasteiger partial charge in [0.05, 0.1) is 6.61 Å². The lowest BCUT2D eigenvalue weighted by atomic mass is 10.0. The average Bonchev–Trinajstić information content (AvgIpc) is 3.13. The summed E-state index contributed by atoms with van der Waals surface area (Å²) in [5.41, 5.74) is 0. The number of ether oxygens (including phenoxy) is 1. The normalized spacial score (nSPS) is 16.2. The van der Waals surface area contributed by atoms with Crippen LogP contribution < -0.4 is 10.6 Å². The Morgan fingerprint density at radius 3 is 2.59 bits per heavy atom. The molecule has 152 valence electrons. The minimum absolute atomic E-state index is 0.0646. The Balaban J connectivity index is 1.73. The van der Waals surface area contributed by atoms with Crippen molar-refractivity contribution >= 4 is 23.5 Å². The van der Waals surface area contributed by atoms with Gasteiger partial charge in [0, 0.05) is 50.2 Å². The number of urea groups is 1. The fourth-order valence-corrected chi connectivity index (χ4v) is 3.90. The van der Waals surface area contributed by atoms with Gasteiger partial charge >= 0.3 is 12.1 Å². The van der Waals surface area contributed by atoms with E-state index in [4.69, 9.17) is 4.74 Å². The zero-order valence-corrected chi connectivity index (χ0v) is 17.4. The van der Waals surface area contributed by atoms with E-state index in [-0.39, 0.29) is 12.1 Å². The van der Waals surface area contributed by atoms with Crippen molar-refractivity contribution < 1.29 is 14.3 Å². The number of nitrogens with zero attached hydrogens (tertiary/aromatic N) is 2. The van der Waals surface area contributed by atoms with Gasteiger partial charge in [-0.2, -0.15) is 0 Å². The third-order valence-corrected chi connectivity index (χ3v) is 5.33. The first-order valence-corrected chi connectivity index (χ1v) is 10.6. The van der Waals surface area contributed by atoms with Crippen LogP contribution in [0.5, 0.6) is 0 Å². The number of piperazine rings is 1. The van der Waals surface area contributed by atoms with Crippen LogP contribution in [0, 0.1) is 5.92 Å². The molecule has 7 nitrogen and oxygen atoms in total. The lowest BCUT2D eigenvalue weighted by molar-refractivity contribution is 0.133. The smallest absolute Gasteiger partial charge is 0.407 e. The standard InChI is InChI=1S/C19H32N4O3S/c1-4-26-19(25)21-16(12-15(2)3)13-20-18(24)23-9-7-22(8-10-23)14-17-6-5-11-27-17/h5-6,11,15-16H,4,7-10,12-14H2,1-3H3,(H,20,24)(H,21,25). The second kappa shape index (κ2) is 11.1. The Morgan fingerprint density at radius 2 is 2.00 bits per heavy atom. The average molecular weight is 397 g/mol. The summed E-state index contributed by atoms with van der Waals surface area (Å²) in [4.78, 5) is 29.7. The molecule has 1 aliphatic rings. The van der Waals surface area contributed by atoms with Crippen LogP contribution in [-0.4, -0.2) is 67.3 Å². The minimum Gasteiger partial charge on any atom is -0.450 e.